The molecule has 2 nitrogen and oxygen atoms in total. The Morgan fingerprint density at radius 3 is 2.85 bits per heavy atom. The molecule has 0 saturated carbocycles. The van der Waals surface area contributed by atoms with Crippen LogP contribution in [0.1, 0.15) is 29.9 Å². The zero-order chi connectivity index (χ0) is 13.9. The van der Waals surface area contributed by atoms with E-state index in [-0.39, 0.29) is 11.8 Å². The number of carbonyl (C=O) groups excluding carboxylic acids is 1. The maximum absolute atomic E-state index is 12.5. The van der Waals surface area contributed by atoms with Crippen molar-refractivity contribution in [3.05, 3.63) is 64.7 Å². The van der Waals surface area contributed by atoms with E-state index in [0.29, 0.717) is 5.02 Å². The van der Waals surface area contributed by atoms with Crippen molar-refractivity contribution < 1.29 is 4.79 Å². The van der Waals surface area contributed by atoms with Crippen molar-refractivity contribution in [1.29, 1.82) is 0 Å². The van der Waals surface area contributed by atoms with Gasteiger partial charge in [0.1, 0.15) is 0 Å². The molecule has 102 valence electrons. The lowest BCUT2D eigenvalue weighted by Gasteiger charge is -2.24. The molecule has 20 heavy (non-hydrogen) atoms. The van der Waals surface area contributed by atoms with E-state index in [2.05, 4.69) is 17.4 Å². The Bertz CT molecular complexity index is 638. The molecule has 1 aliphatic rings. The molecule has 1 N–H and O–H groups in total. The fourth-order valence-electron chi connectivity index (χ4n) is 2.82. The molecular formula is C17H16ClNO. The Balaban J connectivity index is 1.82. The molecule has 1 amide bonds. The van der Waals surface area contributed by atoms with Gasteiger partial charge in [0.25, 0.3) is 0 Å². The van der Waals surface area contributed by atoms with Gasteiger partial charge in [-0.05, 0) is 48.6 Å². The van der Waals surface area contributed by atoms with Crippen LogP contribution in [0.15, 0.2) is 48.5 Å². The Labute approximate surface area is 123 Å². The maximum Gasteiger partial charge on any atom is 0.231 e. The van der Waals surface area contributed by atoms with Crippen LogP contribution < -0.4 is 5.32 Å². The van der Waals surface area contributed by atoms with E-state index >= 15 is 0 Å². The number of nitrogens with one attached hydrogen (secondary N) is 1. The lowest BCUT2D eigenvalue weighted by Crippen LogP contribution is -2.24. The van der Waals surface area contributed by atoms with E-state index in [1.54, 1.807) is 12.1 Å². The summed E-state index contributed by atoms with van der Waals surface area (Å²) in [5.41, 5.74) is 3.22. The van der Waals surface area contributed by atoms with Gasteiger partial charge in [0, 0.05) is 10.7 Å². The summed E-state index contributed by atoms with van der Waals surface area (Å²) in [5, 5.41) is 3.60. The number of amides is 1. The quantitative estimate of drug-likeness (QED) is 0.871. The van der Waals surface area contributed by atoms with Crippen LogP contribution >= 0.6 is 11.6 Å². The highest BCUT2D eigenvalue weighted by molar-refractivity contribution is 6.30. The first-order valence-electron chi connectivity index (χ1n) is 6.88. The third-order valence-corrected chi connectivity index (χ3v) is 4.01. The monoisotopic (exact) mass is 285 g/mol. The van der Waals surface area contributed by atoms with E-state index in [4.69, 9.17) is 11.6 Å². The third kappa shape index (κ3) is 2.70. The van der Waals surface area contributed by atoms with Crippen LogP contribution in [0.5, 0.6) is 0 Å². The molecule has 2 aromatic carbocycles. The highest BCUT2D eigenvalue weighted by Crippen LogP contribution is 2.32. The number of hydrogen-bond acceptors (Lipinski definition) is 1. The average Bonchev–Trinajstić information content (AvgIpc) is 2.46. The summed E-state index contributed by atoms with van der Waals surface area (Å²) < 4.78 is 0. The van der Waals surface area contributed by atoms with Crippen LogP contribution in [-0.4, -0.2) is 5.91 Å². The minimum Gasteiger partial charge on any atom is -0.326 e. The zero-order valence-corrected chi connectivity index (χ0v) is 11.9. The molecule has 1 aliphatic carbocycles. The number of rotatable bonds is 2. The van der Waals surface area contributed by atoms with Crippen LogP contribution in [-0.2, 0) is 11.2 Å². The fraction of sp³-hybridized carbons (Fsp3) is 0.235. The first-order valence-corrected chi connectivity index (χ1v) is 7.26. The Morgan fingerprint density at radius 1 is 1.15 bits per heavy atom. The highest BCUT2D eigenvalue weighted by atomic mass is 35.5. The molecule has 0 unspecified atom stereocenters. The minimum absolute atomic E-state index is 0.0550. The van der Waals surface area contributed by atoms with Gasteiger partial charge in [-0.3, -0.25) is 4.79 Å². The Kier molecular flexibility index (Phi) is 3.75. The van der Waals surface area contributed by atoms with Gasteiger partial charge < -0.3 is 5.32 Å². The summed E-state index contributed by atoms with van der Waals surface area (Å²) in [6, 6.07) is 15.5. The molecule has 0 fully saturated rings. The second-order valence-electron chi connectivity index (χ2n) is 5.14. The number of benzene rings is 2. The van der Waals surface area contributed by atoms with Gasteiger partial charge in [-0.25, -0.2) is 0 Å². The maximum atomic E-state index is 12.5. The number of anilines is 1. The highest BCUT2D eigenvalue weighted by Gasteiger charge is 2.26. The molecule has 0 spiro atoms. The van der Waals surface area contributed by atoms with Crippen LogP contribution in [0.2, 0.25) is 5.02 Å². The van der Waals surface area contributed by atoms with Crippen molar-refractivity contribution >= 4 is 23.2 Å². The van der Waals surface area contributed by atoms with Crippen molar-refractivity contribution in [1.82, 2.24) is 0 Å². The average molecular weight is 286 g/mol. The summed E-state index contributed by atoms with van der Waals surface area (Å²) >= 11 is 5.94. The van der Waals surface area contributed by atoms with Crippen LogP contribution in [0.4, 0.5) is 5.69 Å². The van der Waals surface area contributed by atoms with E-state index < -0.39 is 0 Å². The minimum atomic E-state index is -0.0565. The number of fused-ring (bicyclic) bond motifs is 1. The molecule has 0 radical (unpaired) electrons. The topological polar surface area (TPSA) is 29.1 Å². The molecule has 0 saturated heterocycles. The Hall–Kier alpha value is -1.80. The molecule has 0 aromatic heterocycles. The summed E-state index contributed by atoms with van der Waals surface area (Å²) in [6.45, 7) is 0. The van der Waals surface area contributed by atoms with Crippen molar-refractivity contribution in [2.75, 3.05) is 5.32 Å². The number of carbonyl (C=O) groups is 1. The SMILES string of the molecule is O=C(Nc1cccc(Cl)c1)[C@H]1CCCc2ccccc21. The second kappa shape index (κ2) is 5.68. The number of aryl methyl sites for hydroxylation is 1. The van der Waals surface area contributed by atoms with E-state index in [9.17, 15) is 4.79 Å². The zero-order valence-electron chi connectivity index (χ0n) is 11.1. The smallest absolute Gasteiger partial charge is 0.231 e. The molecule has 0 bridgehead atoms. The molecule has 3 rings (SSSR count). The largest absolute Gasteiger partial charge is 0.326 e. The van der Waals surface area contributed by atoms with Crippen molar-refractivity contribution in [3.63, 3.8) is 0 Å². The van der Waals surface area contributed by atoms with Gasteiger partial charge in [-0.15, -0.1) is 0 Å². The van der Waals surface area contributed by atoms with E-state index in [1.165, 1.54) is 11.1 Å². The van der Waals surface area contributed by atoms with Gasteiger partial charge >= 0.3 is 0 Å². The summed E-state index contributed by atoms with van der Waals surface area (Å²) in [6.07, 6.45) is 3.03. The second-order valence-corrected chi connectivity index (χ2v) is 5.58. The lowest BCUT2D eigenvalue weighted by atomic mass is 9.82. The molecule has 1 atom stereocenters. The van der Waals surface area contributed by atoms with E-state index in [0.717, 1.165) is 24.9 Å². The normalized spacial score (nSPS) is 17.4. The fourth-order valence-corrected chi connectivity index (χ4v) is 3.01. The molecule has 3 heteroatoms. The summed E-state index contributed by atoms with van der Waals surface area (Å²) in [4.78, 5) is 12.5. The lowest BCUT2D eigenvalue weighted by molar-refractivity contribution is -0.117. The van der Waals surface area contributed by atoms with Crippen molar-refractivity contribution in [2.45, 2.75) is 25.2 Å². The first kappa shape index (κ1) is 13.2. The molecule has 0 heterocycles. The number of hydrogen-bond donors (Lipinski definition) is 1. The molecule has 0 aliphatic heterocycles. The van der Waals surface area contributed by atoms with Gasteiger partial charge in [0.05, 0.1) is 5.92 Å². The summed E-state index contributed by atoms with van der Waals surface area (Å²) in [7, 11) is 0. The van der Waals surface area contributed by atoms with Gasteiger partial charge in [-0.2, -0.15) is 0 Å². The summed E-state index contributed by atoms with van der Waals surface area (Å²) in [5.74, 6) is -0.00153. The van der Waals surface area contributed by atoms with Crippen LogP contribution in [0.25, 0.3) is 0 Å². The van der Waals surface area contributed by atoms with Crippen molar-refractivity contribution in [2.24, 2.45) is 0 Å². The molecular weight excluding hydrogens is 270 g/mol. The van der Waals surface area contributed by atoms with Gasteiger partial charge in [0.15, 0.2) is 0 Å². The molecule has 2 aromatic rings. The standard InChI is InChI=1S/C17H16ClNO/c18-13-7-4-8-14(11-13)19-17(20)16-10-3-6-12-5-1-2-9-15(12)16/h1-2,4-5,7-9,11,16H,3,6,10H2,(H,19,20)/t16-/m0/s1. The van der Waals surface area contributed by atoms with Crippen LogP contribution in [0.3, 0.4) is 0 Å². The van der Waals surface area contributed by atoms with E-state index in [1.807, 2.05) is 24.3 Å². The van der Waals surface area contributed by atoms with Crippen LogP contribution in [0, 0.1) is 0 Å². The number of halogens is 1. The predicted octanol–water partition coefficient (Wildman–Crippen LogP) is 4.40. The predicted molar refractivity (Wildman–Crippen MR) is 82.2 cm³/mol. The first-order chi connectivity index (χ1) is 9.74. The Morgan fingerprint density at radius 2 is 2.00 bits per heavy atom. The third-order valence-electron chi connectivity index (χ3n) is 3.78. The van der Waals surface area contributed by atoms with Gasteiger partial charge in [-0.1, -0.05) is 41.9 Å². The van der Waals surface area contributed by atoms with Gasteiger partial charge in [0.2, 0.25) is 5.91 Å². The van der Waals surface area contributed by atoms with Crippen molar-refractivity contribution in [3.8, 4) is 0 Å².